The van der Waals surface area contributed by atoms with Crippen LogP contribution in [0.4, 0.5) is 0 Å². The van der Waals surface area contributed by atoms with E-state index in [1.165, 1.54) is 9.36 Å². The van der Waals surface area contributed by atoms with Gasteiger partial charge in [0.1, 0.15) is 6.61 Å². The van der Waals surface area contributed by atoms with Gasteiger partial charge < -0.3 is 4.74 Å². The summed E-state index contributed by atoms with van der Waals surface area (Å²) in [7, 11) is 1.56. The van der Waals surface area contributed by atoms with Crippen LogP contribution < -0.4 is 10.4 Å². The van der Waals surface area contributed by atoms with Crippen molar-refractivity contribution in [3.8, 4) is 11.7 Å². The van der Waals surface area contributed by atoms with Crippen LogP contribution in [0.2, 0.25) is 0 Å². The third-order valence-corrected chi connectivity index (χ3v) is 3.47. The standard InChI is InChI=1S/C15H16N6O2/c1-3-11-6-4-7-13(21-15(22)20(2)18-19-21)12(11)10-23-14-16-8-5-9-17-14/h4-9H,3,10H2,1-2H3. The molecule has 0 radical (unpaired) electrons. The van der Waals surface area contributed by atoms with Crippen LogP contribution in [0.25, 0.3) is 5.69 Å². The van der Waals surface area contributed by atoms with E-state index in [0.717, 1.165) is 17.5 Å². The zero-order valence-corrected chi connectivity index (χ0v) is 12.9. The molecule has 0 unspecified atom stereocenters. The normalized spacial score (nSPS) is 10.7. The van der Waals surface area contributed by atoms with Gasteiger partial charge in [-0.05, 0) is 34.5 Å². The fourth-order valence-corrected chi connectivity index (χ4v) is 2.28. The molecule has 2 heterocycles. The molecule has 0 spiro atoms. The smallest absolute Gasteiger partial charge is 0.368 e. The Morgan fingerprint density at radius 1 is 1.13 bits per heavy atom. The van der Waals surface area contributed by atoms with Gasteiger partial charge in [-0.3, -0.25) is 0 Å². The number of tetrazole rings is 1. The maximum atomic E-state index is 12.1. The summed E-state index contributed by atoms with van der Waals surface area (Å²) in [6.45, 7) is 2.29. The Labute approximate surface area is 132 Å². The van der Waals surface area contributed by atoms with Crippen LogP contribution in [0.15, 0.2) is 41.5 Å². The molecular formula is C15H16N6O2. The van der Waals surface area contributed by atoms with Crippen molar-refractivity contribution < 1.29 is 4.74 Å². The Morgan fingerprint density at radius 2 is 1.91 bits per heavy atom. The third-order valence-electron chi connectivity index (χ3n) is 3.47. The molecule has 23 heavy (non-hydrogen) atoms. The van der Waals surface area contributed by atoms with E-state index >= 15 is 0 Å². The molecule has 0 aliphatic carbocycles. The van der Waals surface area contributed by atoms with Crippen LogP contribution >= 0.6 is 0 Å². The lowest BCUT2D eigenvalue weighted by Gasteiger charge is -2.13. The lowest BCUT2D eigenvalue weighted by molar-refractivity contribution is 0.279. The number of ether oxygens (including phenoxy) is 1. The number of nitrogens with zero attached hydrogens (tertiary/aromatic N) is 6. The molecule has 8 nitrogen and oxygen atoms in total. The third kappa shape index (κ3) is 2.96. The summed E-state index contributed by atoms with van der Waals surface area (Å²) in [5, 5.41) is 7.67. The SMILES string of the molecule is CCc1cccc(-n2nnn(C)c2=O)c1COc1ncccn1. The highest BCUT2D eigenvalue weighted by atomic mass is 16.5. The van der Waals surface area contributed by atoms with Gasteiger partial charge in [-0.25, -0.2) is 14.8 Å². The predicted molar refractivity (Wildman–Crippen MR) is 82.3 cm³/mol. The summed E-state index contributed by atoms with van der Waals surface area (Å²) in [6.07, 6.45) is 4.03. The van der Waals surface area contributed by atoms with Crippen LogP contribution in [-0.4, -0.2) is 29.8 Å². The molecule has 0 saturated carbocycles. The second-order valence-corrected chi connectivity index (χ2v) is 4.89. The zero-order valence-electron chi connectivity index (χ0n) is 12.9. The molecule has 2 aromatic heterocycles. The highest BCUT2D eigenvalue weighted by molar-refractivity contribution is 5.45. The Kier molecular flexibility index (Phi) is 4.13. The van der Waals surface area contributed by atoms with Gasteiger partial charge in [0.05, 0.1) is 5.69 Å². The first kappa shape index (κ1) is 14.9. The molecule has 0 bridgehead atoms. The van der Waals surface area contributed by atoms with Crippen LogP contribution in [-0.2, 0) is 20.1 Å². The lowest BCUT2D eigenvalue weighted by atomic mass is 10.0. The Hall–Kier alpha value is -3.03. The molecule has 0 fully saturated rings. The molecule has 0 amide bonds. The number of benzene rings is 1. The van der Waals surface area contributed by atoms with E-state index in [9.17, 15) is 4.79 Å². The quantitative estimate of drug-likeness (QED) is 0.695. The van der Waals surface area contributed by atoms with E-state index in [-0.39, 0.29) is 18.3 Å². The van der Waals surface area contributed by atoms with Crippen molar-refractivity contribution in [3.05, 3.63) is 58.3 Å². The largest absolute Gasteiger partial charge is 0.458 e. The molecule has 0 atom stereocenters. The molecule has 3 rings (SSSR count). The summed E-state index contributed by atoms with van der Waals surface area (Å²) < 4.78 is 8.10. The molecule has 118 valence electrons. The lowest BCUT2D eigenvalue weighted by Crippen LogP contribution is -2.23. The van der Waals surface area contributed by atoms with Gasteiger partial charge in [-0.1, -0.05) is 19.1 Å². The average molecular weight is 312 g/mol. The van der Waals surface area contributed by atoms with E-state index in [1.54, 1.807) is 25.5 Å². The Balaban J connectivity index is 2.00. The number of rotatable bonds is 5. The predicted octanol–water partition coefficient (Wildman–Crippen LogP) is 0.897. The van der Waals surface area contributed by atoms with E-state index in [4.69, 9.17) is 4.74 Å². The number of hydrogen-bond donors (Lipinski definition) is 0. The van der Waals surface area contributed by atoms with Crippen LogP contribution in [0.3, 0.4) is 0 Å². The van der Waals surface area contributed by atoms with E-state index in [2.05, 4.69) is 20.4 Å². The molecule has 3 aromatic rings. The van der Waals surface area contributed by atoms with Gasteiger partial charge in [-0.15, -0.1) is 0 Å². The number of hydrogen-bond acceptors (Lipinski definition) is 6. The van der Waals surface area contributed by atoms with Crippen molar-refractivity contribution in [1.82, 2.24) is 29.8 Å². The van der Waals surface area contributed by atoms with Crippen LogP contribution in [0, 0.1) is 0 Å². The molecule has 8 heteroatoms. The van der Waals surface area contributed by atoms with Crippen molar-refractivity contribution in [1.29, 1.82) is 0 Å². The van der Waals surface area contributed by atoms with Gasteiger partial charge in [0.25, 0.3) is 0 Å². The van der Waals surface area contributed by atoms with Crippen molar-refractivity contribution in [2.45, 2.75) is 20.0 Å². The van der Waals surface area contributed by atoms with Gasteiger partial charge >= 0.3 is 11.7 Å². The minimum Gasteiger partial charge on any atom is -0.458 e. The first-order chi connectivity index (χ1) is 11.2. The molecular weight excluding hydrogens is 296 g/mol. The zero-order chi connectivity index (χ0) is 16.2. The van der Waals surface area contributed by atoms with E-state index in [0.29, 0.717) is 5.69 Å². The van der Waals surface area contributed by atoms with Crippen LogP contribution in [0.5, 0.6) is 6.01 Å². The van der Waals surface area contributed by atoms with Crippen LogP contribution in [0.1, 0.15) is 18.1 Å². The molecule has 0 saturated heterocycles. The van der Waals surface area contributed by atoms with Crippen molar-refractivity contribution in [2.75, 3.05) is 0 Å². The highest BCUT2D eigenvalue weighted by Crippen LogP contribution is 2.19. The monoisotopic (exact) mass is 312 g/mol. The highest BCUT2D eigenvalue weighted by Gasteiger charge is 2.14. The summed E-state index contributed by atoms with van der Waals surface area (Å²) in [5.74, 6) is 0. The van der Waals surface area contributed by atoms with E-state index in [1.807, 2.05) is 25.1 Å². The van der Waals surface area contributed by atoms with Crippen molar-refractivity contribution >= 4 is 0 Å². The van der Waals surface area contributed by atoms with E-state index < -0.39 is 0 Å². The number of aryl methyl sites for hydroxylation is 2. The first-order valence-corrected chi connectivity index (χ1v) is 7.20. The average Bonchev–Trinajstić information content (AvgIpc) is 2.92. The summed E-state index contributed by atoms with van der Waals surface area (Å²) in [5.41, 5.74) is 2.27. The summed E-state index contributed by atoms with van der Waals surface area (Å²) in [6, 6.07) is 7.71. The van der Waals surface area contributed by atoms with Gasteiger partial charge in [0.2, 0.25) is 0 Å². The van der Waals surface area contributed by atoms with Gasteiger partial charge in [0, 0.05) is 25.0 Å². The first-order valence-electron chi connectivity index (χ1n) is 7.20. The fourth-order valence-electron chi connectivity index (χ4n) is 2.28. The maximum absolute atomic E-state index is 12.1. The minimum atomic E-state index is -0.310. The topological polar surface area (TPSA) is 87.7 Å². The summed E-state index contributed by atoms with van der Waals surface area (Å²) in [4.78, 5) is 20.2. The fraction of sp³-hybridized carbons (Fsp3) is 0.267. The van der Waals surface area contributed by atoms with Crippen molar-refractivity contribution in [2.24, 2.45) is 7.05 Å². The second-order valence-electron chi connectivity index (χ2n) is 4.89. The van der Waals surface area contributed by atoms with Crippen molar-refractivity contribution in [3.63, 3.8) is 0 Å². The van der Waals surface area contributed by atoms with Gasteiger partial charge in [0.15, 0.2) is 0 Å². The number of aromatic nitrogens is 6. The Morgan fingerprint density at radius 3 is 2.57 bits per heavy atom. The Bertz CT molecular complexity index is 856. The molecule has 0 aliphatic heterocycles. The van der Waals surface area contributed by atoms with Gasteiger partial charge in [-0.2, -0.15) is 9.36 Å². The summed E-state index contributed by atoms with van der Waals surface area (Å²) >= 11 is 0. The minimum absolute atomic E-state index is 0.242. The second kappa shape index (κ2) is 6.39. The molecule has 1 aromatic carbocycles. The molecule has 0 N–H and O–H groups in total. The maximum Gasteiger partial charge on any atom is 0.368 e. The molecule has 0 aliphatic rings.